The van der Waals surface area contributed by atoms with Crippen molar-refractivity contribution in [3.8, 4) is 0 Å². The van der Waals surface area contributed by atoms with Gasteiger partial charge in [-0.15, -0.1) is 0 Å². The average molecular weight is 344 g/mol. The summed E-state index contributed by atoms with van der Waals surface area (Å²) >= 11 is 0. The number of methoxy groups -OCH3 is 1. The molecule has 0 radical (unpaired) electrons. The maximum Gasteiger partial charge on any atom is 0.330 e. The van der Waals surface area contributed by atoms with Gasteiger partial charge in [0.15, 0.2) is 0 Å². The summed E-state index contributed by atoms with van der Waals surface area (Å²) in [5.74, 6) is 1.58. The number of hydrogen-bond acceptors (Lipinski definition) is 3. The van der Waals surface area contributed by atoms with Crippen LogP contribution in [0.2, 0.25) is 0 Å². The van der Waals surface area contributed by atoms with Crippen molar-refractivity contribution in [2.75, 3.05) is 7.11 Å². The number of carbonyl (C=O) groups is 1. The Hall–Kier alpha value is -1.61. The van der Waals surface area contributed by atoms with Gasteiger partial charge in [-0.1, -0.05) is 48.5 Å². The highest BCUT2D eigenvalue weighted by Crippen LogP contribution is 2.50. The van der Waals surface area contributed by atoms with Crippen LogP contribution in [0.15, 0.2) is 47.6 Å². The molecule has 2 aliphatic carbocycles. The molecule has 0 spiro atoms. The van der Waals surface area contributed by atoms with E-state index in [-0.39, 0.29) is 18.0 Å². The topological polar surface area (TPSA) is 46.5 Å². The number of aliphatic hydroxyl groups excluding tert-OH is 1. The maximum atomic E-state index is 11.3. The molecule has 1 unspecified atom stereocenters. The van der Waals surface area contributed by atoms with Crippen molar-refractivity contribution in [1.82, 2.24) is 0 Å². The van der Waals surface area contributed by atoms with E-state index in [4.69, 9.17) is 0 Å². The van der Waals surface area contributed by atoms with Gasteiger partial charge < -0.3 is 9.84 Å². The van der Waals surface area contributed by atoms with Gasteiger partial charge in [0.1, 0.15) is 0 Å². The molecule has 0 saturated heterocycles. The third kappa shape index (κ3) is 4.33. The standard InChI is InChI=1S/C22H32O3/c1-6-14(2)21-16(4)13-18-19(23)12-11-15(3)22(18)17(21)9-7-8-10-20(24)25-5/h6-10,13,15,17-19,21-23H,11-12H2,1-5H3/b9-7+,10-8+,14-6-/t15-,17+,18-,19-,21?,22-/m0/s1. The van der Waals surface area contributed by atoms with Gasteiger partial charge in [0.25, 0.3) is 0 Å². The predicted molar refractivity (Wildman–Crippen MR) is 102 cm³/mol. The van der Waals surface area contributed by atoms with Crippen LogP contribution in [-0.4, -0.2) is 24.3 Å². The van der Waals surface area contributed by atoms with Crippen LogP contribution < -0.4 is 0 Å². The molecule has 0 bridgehead atoms. The molecule has 0 aromatic heterocycles. The first-order chi connectivity index (χ1) is 11.9. The number of aliphatic hydroxyl groups is 1. The van der Waals surface area contributed by atoms with Crippen molar-refractivity contribution in [2.45, 2.75) is 46.6 Å². The Kier molecular flexibility index (Phi) is 6.83. The molecule has 25 heavy (non-hydrogen) atoms. The van der Waals surface area contributed by atoms with E-state index in [0.29, 0.717) is 23.7 Å². The third-order valence-electron chi connectivity index (χ3n) is 6.06. The smallest absolute Gasteiger partial charge is 0.330 e. The van der Waals surface area contributed by atoms with E-state index in [9.17, 15) is 9.90 Å². The van der Waals surface area contributed by atoms with Crippen LogP contribution in [0.1, 0.15) is 40.5 Å². The van der Waals surface area contributed by atoms with E-state index in [0.717, 1.165) is 12.8 Å². The van der Waals surface area contributed by atoms with Gasteiger partial charge >= 0.3 is 5.97 Å². The van der Waals surface area contributed by atoms with Crippen molar-refractivity contribution in [3.63, 3.8) is 0 Å². The summed E-state index contributed by atoms with van der Waals surface area (Å²) in [6, 6.07) is 0. The van der Waals surface area contributed by atoms with Crippen molar-refractivity contribution in [2.24, 2.45) is 29.6 Å². The van der Waals surface area contributed by atoms with Gasteiger partial charge in [0.05, 0.1) is 13.2 Å². The van der Waals surface area contributed by atoms with Crippen LogP contribution in [-0.2, 0) is 9.53 Å². The second kappa shape index (κ2) is 8.66. The zero-order valence-corrected chi connectivity index (χ0v) is 16.1. The van der Waals surface area contributed by atoms with E-state index in [1.54, 1.807) is 6.08 Å². The zero-order valence-electron chi connectivity index (χ0n) is 16.1. The lowest BCUT2D eigenvalue weighted by Crippen LogP contribution is -2.45. The summed E-state index contributed by atoms with van der Waals surface area (Å²) in [6.45, 7) is 8.78. The van der Waals surface area contributed by atoms with E-state index in [1.807, 2.05) is 6.08 Å². The molecule has 1 fully saturated rings. The minimum Gasteiger partial charge on any atom is -0.466 e. The van der Waals surface area contributed by atoms with Gasteiger partial charge in [-0.25, -0.2) is 4.79 Å². The normalized spacial score (nSPS) is 36.4. The Bertz CT molecular complexity index is 596. The lowest BCUT2D eigenvalue weighted by atomic mass is 9.57. The Morgan fingerprint density at radius 3 is 2.68 bits per heavy atom. The molecule has 2 aliphatic rings. The summed E-state index contributed by atoms with van der Waals surface area (Å²) in [7, 11) is 1.38. The Labute approximate surface area is 152 Å². The highest BCUT2D eigenvalue weighted by atomic mass is 16.5. The number of carbonyl (C=O) groups excluding carboxylic acids is 1. The average Bonchev–Trinajstić information content (AvgIpc) is 2.60. The number of fused-ring (bicyclic) bond motifs is 1. The lowest BCUT2D eigenvalue weighted by molar-refractivity contribution is -0.134. The summed E-state index contributed by atoms with van der Waals surface area (Å²) in [5, 5.41) is 10.6. The molecule has 0 aromatic rings. The van der Waals surface area contributed by atoms with Crippen LogP contribution in [0.25, 0.3) is 0 Å². The van der Waals surface area contributed by atoms with Crippen molar-refractivity contribution in [1.29, 1.82) is 0 Å². The molecule has 3 heteroatoms. The molecule has 2 rings (SSSR count). The second-order valence-electron chi connectivity index (χ2n) is 7.54. The van der Waals surface area contributed by atoms with Crippen molar-refractivity contribution in [3.05, 3.63) is 47.6 Å². The minimum absolute atomic E-state index is 0.226. The monoisotopic (exact) mass is 344 g/mol. The molecule has 1 N–H and O–H groups in total. The van der Waals surface area contributed by atoms with Gasteiger partial charge in [-0.3, -0.25) is 0 Å². The molecule has 3 nitrogen and oxygen atoms in total. The van der Waals surface area contributed by atoms with E-state index >= 15 is 0 Å². The SMILES string of the molecule is C/C=C(/C)C1C(C)=C[C@@H]2[C@H]([C@@H]1/C=C/C=C/C(=O)OC)[C@@H](C)CC[C@@H]2O. The fourth-order valence-corrected chi connectivity index (χ4v) is 4.72. The quantitative estimate of drug-likeness (QED) is 0.355. The maximum absolute atomic E-state index is 11.3. The third-order valence-corrected chi connectivity index (χ3v) is 6.06. The summed E-state index contributed by atoms with van der Waals surface area (Å²) in [4.78, 5) is 11.3. The van der Waals surface area contributed by atoms with Crippen LogP contribution in [0.4, 0.5) is 0 Å². The fourth-order valence-electron chi connectivity index (χ4n) is 4.72. The number of ether oxygens (including phenoxy) is 1. The highest BCUT2D eigenvalue weighted by Gasteiger charge is 2.45. The fraction of sp³-hybridized carbons (Fsp3) is 0.591. The molecule has 0 aliphatic heterocycles. The van der Waals surface area contributed by atoms with E-state index in [1.165, 1.54) is 24.3 Å². The van der Waals surface area contributed by atoms with Gasteiger partial charge in [-0.2, -0.15) is 0 Å². The molecule has 0 aromatic carbocycles. The van der Waals surface area contributed by atoms with Crippen LogP contribution in [0.3, 0.4) is 0 Å². The van der Waals surface area contributed by atoms with Gasteiger partial charge in [0.2, 0.25) is 0 Å². The van der Waals surface area contributed by atoms with Crippen LogP contribution in [0, 0.1) is 29.6 Å². The molecule has 138 valence electrons. The number of hydrogen-bond donors (Lipinski definition) is 1. The Morgan fingerprint density at radius 2 is 2.04 bits per heavy atom. The molecular weight excluding hydrogens is 312 g/mol. The Balaban J connectivity index is 2.38. The van der Waals surface area contributed by atoms with E-state index in [2.05, 4.69) is 50.7 Å². The Morgan fingerprint density at radius 1 is 1.32 bits per heavy atom. The highest BCUT2D eigenvalue weighted by molar-refractivity contribution is 5.82. The molecule has 6 atom stereocenters. The number of rotatable bonds is 4. The first kappa shape index (κ1) is 19.7. The largest absolute Gasteiger partial charge is 0.466 e. The second-order valence-corrected chi connectivity index (χ2v) is 7.54. The molecular formula is C22H32O3. The van der Waals surface area contributed by atoms with E-state index < -0.39 is 0 Å². The predicted octanol–water partition coefficient (Wildman–Crippen LogP) is 4.45. The lowest BCUT2D eigenvalue weighted by Gasteiger charge is -2.48. The van der Waals surface area contributed by atoms with Gasteiger partial charge in [-0.05, 0) is 51.4 Å². The summed E-state index contributed by atoms with van der Waals surface area (Å²) < 4.78 is 4.64. The van der Waals surface area contributed by atoms with Crippen LogP contribution in [0.5, 0.6) is 0 Å². The van der Waals surface area contributed by atoms with Crippen LogP contribution >= 0.6 is 0 Å². The van der Waals surface area contributed by atoms with Crippen molar-refractivity contribution >= 4 is 5.97 Å². The first-order valence-corrected chi connectivity index (χ1v) is 9.32. The molecule has 0 amide bonds. The molecule has 0 heterocycles. The summed E-state index contributed by atoms with van der Waals surface area (Å²) in [5.41, 5.74) is 2.71. The van der Waals surface area contributed by atoms with Crippen molar-refractivity contribution < 1.29 is 14.6 Å². The zero-order chi connectivity index (χ0) is 18.6. The number of allylic oxidation sites excluding steroid dienone is 6. The summed E-state index contributed by atoms with van der Waals surface area (Å²) in [6.07, 6.45) is 13.6. The minimum atomic E-state index is -0.343. The number of esters is 1. The first-order valence-electron chi connectivity index (χ1n) is 9.32. The van der Waals surface area contributed by atoms with Gasteiger partial charge in [0, 0.05) is 17.9 Å². The molecule has 1 saturated carbocycles.